The molecule has 0 aliphatic carbocycles. The molecule has 2 heterocycles. The number of esters is 1. The van der Waals surface area contributed by atoms with Crippen LogP contribution in [0.5, 0.6) is 0 Å². The standard InChI is InChI=1S/C17H15N3O4S/c1-10-7-12-8-23-17(22)14(12)15(19-10)25-9-13(18)20-24-16(21)11-5-3-2-4-6-11/h2-7H,8-9H2,1H3,(H2,18,20). The van der Waals surface area contributed by atoms with E-state index in [1.165, 1.54) is 11.8 Å². The number of aryl methyl sites for hydroxylation is 1. The lowest BCUT2D eigenvalue weighted by molar-refractivity contribution is 0.0512. The average molecular weight is 357 g/mol. The first-order valence-electron chi connectivity index (χ1n) is 7.44. The van der Waals surface area contributed by atoms with E-state index in [-0.39, 0.29) is 18.2 Å². The van der Waals surface area contributed by atoms with Gasteiger partial charge in [-0.15, -0.1) is 0 Å². The van der Waals surface area contributed by atoms with Gasteiger partial charge in [0.05, 0.1) is 16.9 Å². The Labute approximate surface area is 148 Å². The Morgan fingerprint density at radius 2 is 2.16 bits per heavy atom. The van der Waals surface area contributed by atoms with E-state index in [2.05, 4.69) is 10.1 Å². The molecule has 8 heteroatoms. The fourth-order valence-corrected chi connectivity index (χ4v) is 3.16. The Balaban J connectivity index is 1.64. The number of aromatic nitrogens is 1. The van der Waals surface area contributed by atoms with E-state index in [0.29, 0.717) is 16.2 Å². The smallest absolute Gasteiger partial charge is 0.365 e. The summed E-state index contributed by atoms with van der Waals surface area (Å²) in [6.45, 7) is 2.09. The predicted molar refractivity (Wildman–Crippen MR) is 92.3 cm³/mol. The van der Waals surface area contributed by atoms with Gasteiger partial charge in [-0.05, 0) is 25.1 Å². The monoisotopic (exact) mass is 357 g/mol. The summed E-state index contributed by atoms with van der Waals surface area (Å²) < 4.78 is 5.03. The molecule has 128 valence electrons. The number of nitrogens with zero attached hydrogens (tertiary/aromatic N) is 2. The van der Waals surface area contributed by atoms with Crippen LogP contribution in [0.4, 0.5) is 0 Å². The fourth-order valence-electron chi connectivity index (χ4n) is 2.26. The van der Waals surface area contributed by atoms with Crippen molar-refractivity contribution in [2.45, 2.75) is 18.6 Å². The fraction of sp³-hybridized carbons (Fsp3) is 0.176. The number of hydrogen-bond acceptors (Lipinski definition) is 7. The molecule has 0 bridgehead atoms. The van der Waals surface area contributed by atoms with Crippen LogP contribution in [-0.2, 0) is 16.2 Å². The Bertz CT molecular complexity index is 852. The number of amidine groups is 1. The van der Waals surface area contributed by atoms with Crippen molar-refractivity contribution in [2.75, 3.05) is 5.75 Å². The number of cyclic esters (lactones) is 1. The molecule has 1 aromatic carbocycles. The number of rotatable bonds is 5. The number of hydrogen-bond donors (Lipinski definition) is 1. The molecule has 3 rings (SSSR count). The lowest BCUT2D eigenvalue weighted by Gasteiger charge is -2.06. The molecule has 0 saturated carbocycles. The van der Waals surface area contributed by atoms with Crippen LogP contribution in [0, 0.1) is 6.92 Å². The van der Waals surface area contributed by atoms with E-state index in [1.54, 1.807) is 30.3 Å². The second kappa shape index (κ2) is 7.35. The van der Waals surface area contributed by atoms with Crippen LogP contribution in [0.3, 0.4) is 0 Å². The zero-order chi connectivity index (χ0) is 17.8. The summed E-state index contributed by atoms with van der Waals surface area (Å²) in [4.78, 5) is 32.8. The molecule has 0 radical (unpaired) electrons. The van der Waals surface area contributed by atoms with Gasteiger partial charge in [0.25, 0.3) is 0 Å². The number of oxime groups is 1. The lowest BCUT2D eigenvalue weighted by Crippen LogP contribution is -2.17. The molecule has 0 unspecified atom stereocenters. The molecule has 7 nitrogen and oxygen atoms in total. The Morgan fingerprint density at radius 1 is 1.40 bits per heavy atom. The summed E-state index contributed by atoms with van der Waals surface area (Å²) in [5.41, 5.74) is 8.21. The summed E-state index contributed by atoms with van der Waals surface area (Å²) in [5.74, 6) is -0.654. The van der Waals surface area contributed by atoms with Gasteiger partial charge in [0, 0.05) is 11.3 Å². The zero-order valence-electron chi connectivity index (χ0n) is 13.4. The molecular weight excluding hydrogens is 342 g/mol. The van der Waals surface area contributed by atoms with Crippen LogP contribution in [0.25, 0.3) is 0 Å². The van der Waals surface area contributed by atoms with Crippen molar-refractivity contribution >= 4 is 29.5 Å². The van der Waals surface area contributed by atoms with Crippen molar-refractivity contribution in [3.63, 3.8) is 0 Å². The highest BCUT2D eigenvalue weighted by Crippen LogP contribution is 2.29. The van der Waals surface area contributed by atoms with Gasteiger partial charge >= 0.3 is 11.9 Å². The van der Waals surface area contributed by atoms with Crippen LogP contribution in [-0.4, -0.2) is 28.5 Å². The topological polar surface area (TPSA) is 104 Å². The van der Waals surface area contributed by atoms with Crippen molar-refractivity contribution < 1.29 is 19.2 Å². The molecule has 2 aromatic rings. The van der Waals surface area contributed by atoms with Crippen molar-refractivity contribution in [3.05, 3.63) is 58.8 Å². The van der Waals surface area contributed by atoms with E-state index in [4.69, 9.17) is 15.3 Å². The van der Waals surface area contributed by atoms with Crippen molar-refractivity contribution in [3.8, 4) is 0 Å². The molecule has 1 aromatic heterocycles. The number of pyridine rings is 1. The quantitative estimate of drug-likeness (QED) is 0.219. The summed E-state index contributed by atoms with van der Waals surface area (Å²) >= 11 is 1.24. The van der Waals surface area contributed by atoms with E-state index in [0.717, 1.165) is 11.3 Å². The molecular formula is C17H15N3O4S. The van der Waals surface area contributed by atoms with E-state index in [1.807, 2.05) is 13.0 Å². The molecule has 0 fully saturated rings. The highest BCUT2D eigenvalue weighted by Gasteiger charge is 2.26. The second-order valence-electron chi connectivity index (χ2n) is 5.30. The average Bonchev–Trinajstić information content (AvgIpc) is 2.99. The maximum Gasteiger partial charge on any atom is 0.365 e. The van der Waals surface area contributed by atoms with Crippen LogP contribution in [0.1, 0.15) is 32.0 Å². The molecule has 2 N–H and O–H groups in total. The first-order chi connectivity index (χ1) is 12.0. The Hall–Kier alpha value is -2.87. The number of carbonyl (C=O) groups is 2. The SMILES string of the molecule is Cc1cc2c(c(SC/C(N)=N/OC(=O)c3ccccc3)n1)C(=O)OC2. The number of nitrogens with two attached hydrogens (primary N) is 1. The van der Waals surface area contributed by atoms with E-state index < -0.39 is 11.9 Å². The number of benzene rings is 1. The van der Waals surface area contributed by atoms with Crippen LogP contribution in [0.2, 0.25) is 0 Å². The maximum atomic E-state index is 11.8. The first kappa shape index (κ1) is 17.0. The van der Waals surface area contributed by atoms with E-state index in [9.17, 15) is 9.59 Å². The minimum absolute atomic E-state index is 0.109. The summed E-state index contributed by atoms with van der Waals surface area (Å²) in [7, 11) is 0. The molecule has 0 atom stereocenters. The second-order valence-corrected chi connectivity index (χ2v) is 6.26. The summed E-state index contributed by atoms with van der Waals surface area (Å²) in [6, 6.07) is 10.3. The Kier molecular flexibility index (Phi) is 4.99. The predicted octanol–water partition coefficient (Wildman–Crippen LogP) is 2.28. The zero-order valence-corrected chi connectivity index (χ0v) is 14.2. The highest BCUT2D eigenvalue weighted by atomic mass is 32.2. The van der Waals surface area contributed by atoms with Gasteiger partial charge in [-0.3, -0.25) is 0 Å². The van der Waals surface area contributed by atoms with Crippen molar-refractivity contribution in [1.29, 1.82) is 0 Å². The number of ether oxygens (including phenoxy) is 1. The highest BCUT2D eigenvalue weighted by molar-refractivity contribution is 8.00. The number of fused-ring (bicyclic) bond motifs is 1. The molecule has 1 aliphatic rings. The third-order valence-corrected chi connectivity index (χ3v) is 4.38. The van der Waals surface area contributed by atoms with Gasteiger partial charge in [0.1, 0.15) is 11.6 Å². The van der Waals surface area contributed by atoms with Gasteiger partial charge in [0.2, 0.25) is 0 Å². The summed E-state index contributed by atoms with van der Waals surface area (Å²) in [5, 5.41) is 4.16. The van der Waals surface area contributed by atoms with Crippen LogP contribution < -0.4 is 5.73 Å². The third kappa shape index (κ3) is 3.97. The van der Waals surface area contributed by atoms with Gasteiger partial charge < -0.3 is 15.3 Å². The summed E-state index contributed by atoms with van der Waals surface area (Å²) in [6.07, 6.45) is 0. The molecule has 0 amide bonds. The van der Waals surface area contributed by atoms with Gasteiger partial charge in [-0.25, -0.2) is 14.6 Å². The van der Waals surface area contributed by atoms with Crippen molar-refractivity contribution in [2.24, 2.45) is 10.9 Å². The molecule has 0 saturated heterocycles. The first-order valence-corrected chi connectivity index (χ1v) is 8.42. The largest absolute Gasteiger partial charge is 0.457 e. The third-order valence-electron chi connectivity index (χ3n) is 3.37. The Morgan fingerprint density at radius 3 is 2.92 bits per heavy atom. The van der Waals surface area contributed by atoms with Gasteiger partial charge in [0.15, 0.2) is 5.84 Å². The normalized spacial score (nSPS) is 13.3. The number of thioether (sulfide) groups is 1. The number of carbonyl (C=O) groups excluding carboxylic acids is 2. The molecule has 25 heavy (non-hydrogen) atoms. The van der Waals surface area contributed by atoms with Gasteiger partial charge in [-0.2, -0.15) is 0 Å². The minimum atomic E-state index is -0.591. The van der Waals surface area contributed by atoms with Gasteiger partial charge in [-0.1, -0.05) is 35.1 Å². The van der Waals surface area contributed by atoms with Crippen LogP contribution in [0.15, 0.2) is 46.6 Å². The molecule has 0 spiro atoms. The lowest BCUT2D eigenvalue weighted by atomic mass is 10.1. The van der Waals surface area contributed by atoms with Crippen LogP contribution >= 0.6 is 11.8 Å². The maximum absolute atomic E-state index is 11.8. The van der Waals surface area contributed by atoms with Crippen molar-refractivity contribution in [1.82, 2.24) is 4.98 Å². The van der Waals surface area contributed by atoms with E-state index >= 15 is 0 Å². The minimum Gasteiger partial charge on any atom is -0.457 e. The molecule has 1 aliphatic heterocycles.